The van der Waals surface area contributed by atoms with Gasteiger partial charge in [0.15, 0.2) is 0 Å². The quantitative estimate of drug-likeness (QED) is 0.902. The highest BCUT2D eigenvalue weighted by atomic mass is 79.9. The molecule has 2 nitrogen and oxygen atoms in total. The van der Waals surface area contributed by atoms with E-state index in [4.69, 9.17) is 4.74 Å². The van der Waals surface area contributed by atoms with Crippen LogP contribution in [0.25, 0.3) is 0 Å². The van der Waals surface area contributed by atoms with Gasteiger partial charge in [0, 0.05) is 28.1 Å². The Morgan fingerprint density at radius 3 is 2.88 bits per heavy atom. The molecular weight excluding hydrogens is 334 g/mol. The molecule has 88 valence electrons. The van der Waals surface area contributed by atoms with Gasteiger partial charge in [-0.05, 0) is 62.4 Å². The third kappa shape index (κ3) is 3.55. The maximum Gasteiger partial charge on any atom is 0.0619 e. The van der Waals surface area contributed by atoms with Crippen molar-refractivity contribution >= 4 is 31.9 Å². The van der Waals surface area contributed by atoms with Gasteiger partial charge in [0.25, 0.3) is 0 Å². The summed E-state index contributed by atoms with van der Waals surface area (Å²) < 4.78 is 7.63. The molecule has 2 rings (SSSR count). The molecular formula is C12H15Br2NO. The topological polar surface area (TPSA) is 21.3 Å². The highest BCUT2D eigenvalue weighted by Crippen LogP contribution is 2.23. The van der Waals surface area contributed by atoms with Gasteiger partial charge < -0.3 is 10.1 Å². The fraction of sp³-hybridized carbons (Fsp3) is 0.500. The number of hydrogen-bond acceptors (Lipinski definition) is 2. The number of nitrogens with one attached hydrogen (secondary N) is 1. The molecule has 1 aromatic rings. The van der Waals surface area contributed by atoms with Crippen molar-refractivity contribution in [2.24, 2.45) is 0 Å². The SMILES string of the molecule is Brc1ccc(CNC2CCCOC2)cc1Br. The van der Waals surface area contributed by atoms with E-state index < -0.39 is 0 Å². The first-order chi connectivity index (χ1) is 7.75. The zero-order valence-corrected chi connectivity index (χ0v) is 12.2. The van der Waals surface area contributed by atoms with Crippen LogP contribution < -0.4 is 5.32 Å². The molecule has 0 aromatic heterocycles. The van der Waals surface area contributed by atoms with E-state index in [2.05, 4.69) is 55.4 Å². The summed E-state index contributed by atoms with van der Waals surface area (Å²) in [6.07, 6.45) is 2.39. The van der Waals surface area contributed by atoms with Crippen LogP contribution in [0.3, 0.4) is 0 Å². The lowest BCUT2D eigenvalue weighted by molar-refractivity contribution is 0.0699. The first kappa shape index (κ1) is 12.6. The van der Waals surface area contributed by atoms with Crippen molar-refractivity contribution in [3.05, 3.63) is 32.7 Å². The predicted octanol–water partition coefficient (Wildman–Crippen LogP) is 3.48. The molecule has 4 heteroatoms. The van der Waals surface area contributed by atoms with Gasteiger partial charge in [-0.25, -0.2) is 0 Å². The molecule has 1 aliphatic heterocycles. The minimum absolute atomic E-state index is 0.510. The Kier molecular flexibility index (Phi) is 4.82. The predicted molar refractivity (Wildman–Crippen MR) is 72.5 cm³/mol. The minimum atomic E-state index is 0.510. The average molecular weight is 349 g/mol. The maximum atomic E-state index is 5.43. The second-order valence-electron chi connectivity index (χ2n) is 4.04. The standard InChI is InChI=1S/C12H15Br2NO/c13-11-4-3-9(6-12(11)14)7-15-10-2-1-5-16-8-10/h3-4,6,10,15H,1-2,5,7-8H2. The summed E-state index contributed by atoms with van der Waals surface area (Å²) in [5.41, 5.74) is 1.29. The van der Waals surface area contributed by atoms with Crippen molar-refractivity contribution in [3.8, 4) is 0 Å². The molecule has 1 aromatic carbocycles. The molecule has 1 unspecified atom stereocenters. The normalized spacial score (nSPS) is 21.0. The van der Waals surface area contributed by atoms with E-state index in [1.807, 2.05) is 0 Å². The van der Waals surface area contributed by atoms with Crippen LogP contribution in [0, 0.1) is 0 Å². The van der Waals surface area contributed by atoms with Gasteiger partial charge in [0.05, 0.1) is 6.61 Å². The van der Waals surface area contributed by atoms with Crippen LogP contribution >= 0.6 is 31.9 Å². The second kappa shape index (κ2) is 6.15. The number of benzene rings is 1. The molecule has 16 heavy (non-hydrogen) atoms. The smallest absolute Gasteiger partial charge is 0.0619 e. The van der Waals surface area contributed by atoms with E-state index in [1.54, 1.807) is 0 Å². The zero-order chi connectivity index (χ0) is 11.4. The van der Waals surface area contributed by atoms with Crippen LogP contribution in [0.2, 0.25) is 0 Å². The van der Waals surface area contributed by atoms with Crippen molar-refractivity contribution in [1.29, 1.82) is 0 Å². The van der Waals surface area contributed by atoms with E-state index in [0.717, 1.165) is 28.7 Å². The molecule has 1 heterocycles. The Bertz CT molecular complexity index is 351. The Morgan fingerprint density at radius 1 is 1.31 bits per heavy atom. The van der Waals surface area contributed by atoms with Crippen LogP contribution in [-0.4, -0.2) is 19.3 Å². The Hall–Kier alpha value is 0.1000. The molecule has 1 saturated heterocycles. The third-order valence-corrected chi connectivity index (χ3v) is 4.62. The Labute approximate surface area is 113 Å². The fourth-order valence-corrected chi connectivity index (χ4v) is 2.49. The van der Waals surface area contributed by atoms with Crippen LogP contribution in [-0.2, 0) is 11.3 Å². The molecule has 1 atom stereocenters. The molecule has 0 bridgehead atoms. The number of hydrogen-bond donors (Lipinski definition) is 1. The van der Waals surface area contributed by atoms with Crippen molar-refractivity contribution in [2.75, 3.05) is 13.2 Å². The van der Waals surface area contributed by atoms with E-state index in [0.29, 0.717) is 6.04 Å². The lowest BCUT2D eigenvalue weighted by atomic mass is 10.1. The van der Waals surface area contributed by atoms with Crippen molar-refractivity contribution in [3.63, 3.8) is 0 Å². The third-order valence-electron chi connectivity index (χ3n) is 2.74. The molecule has 0 spiro atoms. The molecule has 1 aliphatic rings. The highest BCUT2D eigenvalue weighted by Gasteiger charge is 2.12. The lowest BCUT2D eigenvalue weighted by Gasteiger charge is -2.23. The lowest BCUT2D eigenvalue weighted by Crippen LogP contribution is -2.36. The summed E-state index contributed by atoms with van der Waals surface area (Å²) in [5.74, 6) is 0. The molecule has 1 fully saturated rings. The molecule has 1 N–H and O–H groups in total. The van der Waals surface area contributed by atoms with Crippen molar-refractivity contribution in [2.45, 2.75) is 25.4 Å². The number of ether oxygens (including phenoxy) is 1. The first-order valence-corrected chi connectivity index (χ1v) is 7.09. The van der Waals surface area contributed by atoms with Crippen LogP contribution in [0.15, 0.2) is 27.1 Å². The number of rotatable bonds is 3. The van der Waals surface area contributed by atoms with Gasteiger partial charge in [-0.15, -0.1) is 0 Å². The summed E-state index contributed by atoms with van der Waals surface area (Å²) in [4.78, 5) is 0. The largest absolute Gasteiger partial charge is 0.380 e. The monoisotopic (exact) mass is 347 g/mol. The summed E-state index contributed by atoms with van der Waals surface area (Å²) in [6.45, 7) is 2.67. The summed E-state index contributed by atoms with van der Waals surface area (Å²) in [7, 11) is 0. The Morgan fingerprint density at radius 2 is 2.19 bits per heavy atom. The van der Waals surface area contributed by atoms with Gasteiger partial charge >= 0.3 is 0 Å². The minimum Gasteiger partial charge on any atom is -0.380 e. The van der Waals surface area contributed by atoms with E-state index in [9.17, 15) is 0 Å². The second-order valence-corrected chi connectivity index (χ2v) is 5.75. The van der Waals surface area contributed by atoms with E-state index >= 15 is 0 Å². The van der Waals surface area contributed by atoms with E-state index in [1.165, 1.54) is 18.4 Å². The van der Waals surface area contributed by atoms with Crippen LogP contribution in [0.4, 0.5) is 0 Å². The molecule has 0 aliphatic carbocycles. The highest BCUT2D eigenvalue weighted by molar-refractivity contribution is 9.13. The number of halogens is 2. The Balaban J connectivity index is 1.86. The van der Waals surface area contributed by atoms with Gasteiger partial charge in [0.1, 0.15) is 0 Å². The van der Waals surface area contributed by atoms with Crippen molar-refractivity contribution < 1.29 is 4.74 Å². The summed E-state index contributed by atoms with van der Waals surface area (Å²) in [5, 5.41) is 3.52. The van der Waals surface area contributed by atoms with Gasteiger partial charge in [0.2, 0.25) is 0 Å². The molecule has 0 radical (unpaired) electrons. The van der Waals surface area contributed by atoms with Crippen molar-refractivity contribution in [1.82, 2.24) is 5.32 Å². The molecule has 0 amide bonds. The summed E-state index contributed by atoms with van der Waals surface area (Å²) in [6, 6.07) is 6.85. The van der Waals surface area contributed by atoms with Gasteiger partial charge in [-0.3, -0.25) is 0 Å². The average Bonchev–Trinajstić information content (AvgIpc) is 2.32. The van der Waals surface area contributed by atoms with Gasteiger partial charge in [-0.2, -0.15) is 0 Å². The van der Waals surface area contributed by atoms with E-state index in [-0.39, 0.29) is 0 Å². The fourth-order valence-electron chi connectivity index (χ4n) is 1.81. The first-order valence-electron chi connectivity index (χ1n) is 5.51. The van der Waals surface area contributed by atoms with Crippen LogP contribution in [0.5, 0.6) is 0 Å². The maximum absolute atomic E-state index is 5.43. The molecule has 0 saturated carbocycles. The summed E-state index contributed by atoms with van der Waals surface area (Å²) >= 11 is 6.98. The zero-order valence-electron chi connectivity index (χ0n) is 9.01. The van der Waals surface area contributed by atoms with Crippen LogP contribution in [0.1, 0.15) is 18.4 Å². The van der Waals surface area contributed by atoms with Gasteiger partial charge in [-0.1, -0.05) is 6.07 Å².